The minimum Gasteiger partial charge on any atom is -0.477 e. The quantitative estimate of drug-likeness (QED) is 0.675. The van der Waals surface area contributed by atoms with Gasteiger partial charge in [-0.25, -0.2) is 14.2 Å². The van der Waals surface area contributed by atoms with Crippen LogP contribution in [-0.4, -0.2) is 21.0 Å². The van der Waals surface area contributed by atoms with E-state index in [4.69, 9.17) is 16.7 Å². The molecule has 0 aliphatic heterocycles. The monoisotopic (exact) mass is 292 g/mol. The van der Waals surface area contributed by atoms with Crippen LogP contribution >= 0.6 is 11.6 Å². The zero-order valence-corrected chi connectivity index (χ0v) is 10.5. The van der Waals surface area contributed by atoms with Gasteiger partial charge in [0.25, 0.3) is 0 Å². The third-order valence-electron chi connectivity index (χ3n) is 2.93. The van der Waals surface area contributed by atoms with Crippen LogP contribution in [0, 0.1) is 5.82 Å². The number of nitrogens with one attached hydrogen (secondary N) is 1. The zero-order chi connectivity index (χ0) is 14.4. The summed E-state index contributed by atoms with van der Waals surface area (Å²) in [5.74, 6) is -1.97. The van der Waals surface area contributed by atoms with Gasteiger partial charge in [0.1, 0.15) is 17.0 Å². The number of halogens is 2. The van der Waals surface area contributed by atoms with Gasteiger partial charge in [0, 0.05) is 11.6 Å². The minimum atomic E-state index is -1.34. The molecule has 0 spiro atoms. The third-order valence-corrected chi connectivity index (χ3v) is 3.22. The highest BCUT2D eigenvalue weighted by Crippen LogP contribution is 2.23. The SMILES string of the molecule is O=C(O)c1c[nH]c2nc3cc(Cl)c(F)cc3cc2c1=O. The lowest BCUT2D eigenvalue weighted by Crippen LogP contribution is -2.15. The van der Waals surface area contributed by atoms with E-state index in [1.807, 2.05) is 0 Å². The lowest BCUT2D eigenvalue weighted by molar-refractivity contribution is 0.0695. The van der Waals surface area contributed by atoms with E-state index in [2.05, 4.69) is 9.97 Å². The van der Waals surface area contributed by atoms with Crippen molar-refractivity contribution in [2.75, 3.05) is 0 Å². The molecule has 2 heterocycles. The molecular weight excluding hydrogens is 287 g/mol. The Balaban J connectivity index is 2.45. The van der Waals surface area contributed by atoms with Crippen LogP contribution in [0.1, 0.15) is 10.4 Å². The maximum Gasteiger partial charge on any atom is 0.341 e. The van der Waals surface area contributed by atoms with Crippen LogP contribution in [0.15, 0.2) is 29.2 Å². The zero-order valence-electron chi connectivity index (χ0n) is 9.78. The van der Waals surface area contributed by atoms with Crippen LogP contribution < -0.4 is 5.43 Å². The van der Waals surface area contributed by atoms with Gasteiger partial charge in [0.15, 0.2) is 0 Å². The van der Waals surface area contributed by atoms with Crippen molar-refractivity contribution in [2.24, 2.45) is 0 Å². The summed E-state index contributed by atoms with van der Waals surface area (Å²) >= 11 is 5.67. The summed E-state index contributed by atoms with van der Waals surface area (Å²) in [4.78, 5) is 29.7. The highest BCUT2D eigenvalue weighted by Gasteiger charge is 2.13. The van der Waals surface area contributed by atoms with Crippen LogP contribution in [0.5, 0.6) is 0 Å². The topological polar surface area (TPSA) is 83.0 Å². The fourth-order valence-electron chi connectivity index (χ4n) is 1.96. The smallest absolute Gasteiger partial charge is 0.341 e. The Morgan fingerprint density at radius 2 is 2.10 bits per heavy atom. The number of carboxylic acid groups (broad SMARTS) is 1. The van der Waals surface area contributed by atoms with Crippen molar-refractivity contribution < 1.29 is 14.3 Å². The molecule has 0 atom stereocenters. The number of carboxylic acids is 1. The summed E-state index contributed by atoms with van der Waals surface area (Å²) in [5.41, 5.74) is -0.443. The molecule has 3 rings (SSSR count). The first kappa shape index (κ1) is 12.6. The molecule has 20 heavy (non-hydrogen) atoms. The van der Waals surface area contributed by atoms with Gasteiger partial charge < -0.3 is 10.1 Å². The van der Waals surface area contributed by atoms with Crippen molar-refractivity contribution in [2.45, 2.75) is 0 Å². The Labute approximate surface area is 115 Å². The van der Waals surface area contributed by atoms with Gasteiger partial charge in [0.2, 0.25) is 5.43 Å². The molecule has 7 heteroatoms. The second-order valence-corrected chi connectivity index (χ2v) is 4.59. The lowest BCUT2D eigenvalue weighted by atomic mass is 10.1. The summed E-state index contributed by atoms with van der Waals surface area (Å²) in [6.07, 6.45) is 1.08. The number of rotatable bonds is 1. The molecular formula is C13H6ClFN2O3. The summed E-state index contributed by atoms with van der Waals surface area (Å²) < 4.78 is 13.4. The van der Waals surface area contributed by atoms with Gasteiger partial charge in [-0.2, -0.15) is 0 Å². The second kappa shape index (κ2) is 4.28. The van der Waals surface area contributed by atoms with E-state index in [-0.39, 0.29) is 16.1 Å². The molecule has 0 saturated heterocycles. The first-order valence-electron chi connectivity index (χ1n) is 5.52. The Bertz CT molecular complexity index is 936. The van der Waals surface area contributed by atoms with Crippen LogP contribution in [0.4, 0.5) is 4.39 Å². The van der Waals surface area contributed by atoms with Crippen LogP contribution in [0.2, 0.25) is 5.02 Å². The van der Waals surface area contributed by atoms with Gasteiger partial charge in [-0.05, 0) is 18.2 Å². The number of hydrogen-bond acceptors (Lipinski definition) is 3. The van der Waals surface area contributed by atoms with E-state index in [0.717, 1.165) is 12.3 Å². The summed E-state index contributed by atoms with van der Waals surface area (Å²) in [6, 6.07) is 3.88. The number of benzene rings is 1. The molecule has 100 valence electrons. The van der Waals surface area contributed by atoms with Crippen LogP contribution in [0.3, 0.4) is 0 Å². The fraction of sp³-hybridized carbons (Fsp3) is 0. The van der Waals surface area contributed by atoms with Gasteiger partial charge in [-0.15, -0.1) is 0 Å². The first-order valence-corrected chi connectivity index (χ1v) is 5.89. The predicted molar refractivity (Wildman–Crippen MR) is 71.8 cm³/mol. The van der Waals surface area contributed by atoms with E-state index < -0.39 is 22.8 Å². The van der Waals surface area contributed by atoms with E-state index in [9.17, 15) is 14.0 Å². The molecule has 0 saturated carbocycles. The number of aromatic amines is 1. The summed E-state index contributed by atoms with van der Waals surface area (Å²) in [6.45, 7) is 0. The standard InChI is InChI=1S/C13H6ClFN2O3/c14-8-3-10-5(2-9(8)15)1-6-11(18)7(13(19)20)4-16-12(6)17-10/h1-4H,(H,19,20)(H,16,17,18). The fourth-order valence-corrected chi connectivity index (χ4v) is 2.12. The van der Waals surface area contributed by atoms with Gasteiger partial charge >= 0.3 is 5.97 Å². The van der Waals surface area contributed by atoms with E-state index in [1.54, 1.807) is 0 Å². The number of carbonyl (C=O) groups is 1. The second-order valence-electron chi connectivity index (χ2n) is 4.18. The Morgan fingerprint density at radius 3 is 2.80 bits per heavy atom. The molecule has 2 N–H and O–H groups in total. The third kappa shape index (κ3) is 1.81. The van der Waals surface area contributed by atoms with Crippen molar-refractivity contribution in [3.8, 4) is 0 Å². The molecule has 3 aromatic rings. The number of pyridine rings is 2. The molecule has 0 radical (unpaired) electrons. The lowest BCUT2D eigenvalue weighted by Gasteiger charge is -2.03. The molecule has 0 aliphatic carbocycles. The average Bonchev–Trinajstić information content (AvgIpc) is 2.39. The highest BCUT2D eigenvalue weighted by atomic mass is 35.5. The molecule has 0 amide bonds. The van der Waals surface area contributed by atoms with E-state index in [1.165, 1.54) is 12.1 Å². The number of hydrogen-bond donors (Lipinski definition) is 2. The molecule has 0 fully saturated rings. The summed E-state index contributed by atoms with van der Waals surface area (Å²) in [7, 11) is 0. The maximum atomic E-state index is 13.4. The van der Waals surface area contributed by atoms with Crippen molar-refractivity contribution in [1.82, 2.24) is 9.97 Å². The van der Waals surface area contributed by atoms with Crippen molar-refractivity contribution in [1.29, 1.82) is 0 Å². The molecule has 0 bridgehead atoms. The Kier molecular flexibility index (Phi) is 2.69. The predicted octanol–water partition coefficient (Wildman–Crippen LogP) is 2.57. The average molecular weight is 293 g/mol. The maximum absolute atomic E-state index is 13.4. The van der Waals surface area contributed by atoms with Crippen molar-refractivity contribution >= 4 is 39.5 Å². The number of fused-ring (bicyclic) bond motifs is 2. The van der Waals surface area contributed by atoms with E-state index in [0.29, 0.717) is 10.9 Å². The normalized spacial score (nSPS) is 11.1. The number of H-pyrrole nitrogens is 1. The molecule has 5 nitrogen and oxygen atoms in total. The first-order chi connectivity index (χ1) is 9.47. The molecule has 2 aromatic heterocycles. The molecule has 1 aromatic carbocycles. The van der Waals surface area contributed by atoms with Gasteiger partial charge in [-0.3, -0.25) is 4.79 Å². The van der Waals surface area contributed by atoms with Gasteiger partial charge in [-0.1, -0.05) is 11.6 Å². The van der Waals surface area contributed by atoms with Crippen molar-refractivity contribution in [3.05, 3.63) is 51.0 Å². The van der Waals surface area contributed by atoms with E-state index >= 15 is 0 Å². The number of aromatic carboxylic acids is 1. The number of nitrogens with zero attached hydrogens (tertiary/aromatic N) is 1. The summed E-state index contributed by atoms with van der Waals surface area (Å²) in [5, 5.41) is 9.28. The largest absolute Gasteiger partial charge is 0.477 e. The minimum absolute atomic E-state index is 0.0751. The van der Waals surface area contributed by atoms with Crippen LogP contribution in [-0.2, 0) is 0 Å². The Hall–Kier alpha value is -2.47. The van der Waals surface area contributed by atoms with Crippen LogP contribution in [0.25, 0.3) is 21.9 Å². The molecule has 0 unspecified atom stereocenters. The Morgan fingerprint density at radius 1 is 1.35 bits per heavy atom. The molecule has 0 aliphatic rings. The van der Waals surface area contributed by atoms with Crippen molar-refractivity contribution in [3.63, 3.8) is 0 Å². The van der Waals surface area contributed by atoms with Gasteiger partial charge in [0.05, 0.1) is 15.9 Å². The highest BCUT2D eigenvalue weighted by molar-refractivity contribution is 6.31. The number of aromatic nitrogens is 2.